The number of hydrogen-bond donors (Lipinski definition) is 0. The Kier molecular flexibility index (Phi) is 10.4. The second-order valence-electron chi connectivity index (χ2n) is 18.8. The summed E-state index contributed by atoms with van der Waals surface area (Å²) in [5.41, 5.74) is 29.1. The molecule has 0 bridgehead atoms. The summed E-state index contributed by atoms with van der Waals surface area (Å²) >= 11 is 0. The van der Waals surface area contributed by atoms with Crippen LogP contribution in [0.4, 0.5) is 53.0 Å². The molecule has 324 valence electrons. The highest BCUT2D eigenvalue weighted by Gasteiger charge is 2.41. The fraction of sp³-hybridized carbons (Fsp3) is 0.351. The van der Waals surface area contributed by atoms with Gasteiger partial charge in [-0.05, 0) is 247 Å². The molecule has 63 heavy (non-hydrogen) atoms. The lowest BCUT2D eigenvalue weighted by Crippen LogP contribution is -2.27. The maximum Gasteiger partial charge on any atom is 0.415 e. The summed E-state index contributed by atoms with van der Waals surface area (Å²) in [6.07, 6.45) is -3.33. The van der Waals surface area contributed by atoms with Gasteiger partial charge in [-0.15, -0.1) is 0 Å². The van der Waals surface area contributed by atoms with Crippen molar-refractivity contribution < 1.29 is 13.2 Å². The van der Waals surface area contributed by atoms with Crippen molar-refractivity contribution in [2.75, 3.05) is 9.80 Å². The van der Waals surface area contributed by atoms with Crippen molar-refractivity contribution >= 4 is 39.8 Å². The average Bonchev–Trinajstić information content (AvgIpc) is 3.26. The predicted molar refractivity (Wildman–Crippen MR) is 259 cm³/mol. The molecule has 0 saturated heterocycles. The summed E-state index contributed by atoms with van der Waals surface area (Å²) in [6, 6.07) is 8.25. The first-order valence-corrected chi connectivity index (χ1v) is 22.2. The maximum absolute atomic E-state index is 16.0. The van der Waals surface area contributed by atoms with Gasteiger partial charge < -0.3 is 9.80 Å². The lowest BCUT2D eigenvalue weighted by molar-refractivity contribution is -0.137. The molecule has 6 aromatic rings. The number of anilines is 6. The van der Waals surface area contributed by atoms with Crippen LogP contribution >= 0.6 is 0 Å². The van der Waals surface area contributed by atoms with Crippen LogP contribution in [0.5, 0.6) is 0 Å². The van der Waals surface area contributed by atoms with Gasteiger partial charge in [-0.25, -0.2) is 4.85 Å². The average molecular weight is 844 g/mol. The molecule has 0 aliphatic carbocycles. The third-order valence-corrected chi connectivity index (χ3v) is 16.2. The van der Waals surface area contributed by atoms with Crippen LogP contribution < -0.4 is 9.80 Å². The molecule has 2 aliphatic rings. The van der Waals surface area contributed by atoms with Gasteiger partial charge in [-0.2, -0.15) is 13.2 Å². The van der Waals surface area contributed by atoms with Crippen molar-refractivity contribution in [2.45, 2.75) is 137 Å². The number of halogens is 3. The van der Waals surface area contributed by atoms with Crippen molar-refractivity contribution in [3.05, 3.63) is 164 Å². The largest absolute Gasteiger partial charge is 0.415 e. The monoisotopic (exact) mass is 843 g/mol. The molecule has 0 N–H and O–H groups in total. The molecular formula is C57H60F3N3. The van der Waals surface area contributed by atoms with E-state index < -0.39 is 11.7 Å². The van der Waals surface area contributed by atoms with Crippen LogP contribution in [0, 0.1) is 124 Å². The molecule has 6 heteroatoms. The first-order valence-electron chi connectivity index (χ1n) is 22.2. The molecule has 0 fully saturated rings. The zero-order chi connectivity index (χ0) is 46.2. The van der Waals surface area contributed by atoms with Crippen molar-refractivity contribution in [3.8, 4) is 11.1 Å². The molecular weight excluding hydrogens is 784 g/mol. The number of alkyl halides is 3. The minimum absolute atomic E-state index is 0.0342. The van der Waals surface area contributed by atoms with Gasteiger partial charge in [-0.3, -0.25) is 0 Å². The van der Waals surface area contributed by atoms with Crippen LogP contribution in [0.3, 0.4) is 0 Å². The maximum atomic E-state index is 16.0. The number of fused-ring (bicyclic) bond motifs is 4. The smallest absolute Gasteiger partial charge is 0.309 e. The minimum Gasteiger partial charge on any atom is -0.309 e. The summed E-state index contributed by atoms with van der Waals surface area (Å²) in [5.74, 6) is 0. The Balaban J connectivity index is 1.70. The summed E-state index contributed by atoms with van der Waals surface area (Å²) in [6.45, 7) is 45.4. The fourth-order valence-corrected chi connectivity index (χ4v) is 11.1. The zero-order valence-electron chi connectivity index (χ0n) is 40.3. The van der Waals surface area contributed by atoms with E-state index in [1.165, 1.54) is 72.8 Å². The van der Waals surface area contributed by atoms with Crippen molar-refractivity contribution in [2.24, 2.45) is 0 Å². The Bertz CT molecular complexity index is 2770. The topological polar surface area (TPSA) is 10.8 Å². The minimum atomic E-state index is -4.76. The lowest BCUT2D eigenvalue weighted by atomic mass is 9.79. The number of aryl methyl sites for hydroxylation is 1. The molecule has 0 radical (unpaired) electrons. The molecule has 0 amide bonds. The van der Waals surface area contributed by atoms with Crippen LogP contribution in [-0.2, 0) is 19.0 Å². The van der Waals surface area contributed by atoms with E-state index in [2.05, 4.69) is 144 Å². The van der Waals surface area contributed by atoms with Gasteiger partial charge in [0, 0.05) is 24.0 Å². The molecule has 3 nitrogen and oxygen atoms in total. The molecule has 0 atom stereocenters. The molecule has 6 aromatic carbocycles. The molecule has 2 heterocycles. The van der Waals surface area contributed by atoms with E-state index in [4.69, 9.17) is 6.57 Å². The van der Waals surface area contributed by atoms with Gasteiger partial charge in [0.05, 0.1) is 46.3 Å². The van der Waals surface area contributed by atoms with Crippen LogP contribution in [-0.4, -0.2) is 0 Å². The first kappa shape index (κ1) is 43.8. The fourth-order valence-electron chi connectivity index (χ4n) is 11.1. The van der Waals surface area contributed by atoms with E-state index in [0.717, 1.165) is 78.9 Å². The molecule has 0 spiro atoms. The SMILES string of the molecule is [C-]#[N+]c1cccc(C(F)(F)F)c1-c1c(N2c3c(C)c(C)c(C)c(C)c3Cc3c(C)c(C)c(C)c(C)c32)cc(C)cc1N1c2c(C)c(C)c(C)c(C)c2Cc2c(C)c(C)c(C)c(C)c21. The van der Waals surface area contributed by atoms with E-state index in [0.29, 0.717) is 29.8 Å². The second-order valence-corrected chi connectivity index (χ2v) is 18.8. The highest BCUT2D eigenvalue weighted by atomic mass is 19.4. The number of hydrogen-bond acceptors (Lipinski definition) is 2. The Labute approximate surface area is 373 Å². The van der Waals surface area contributed by atoms with Gasteiger partial charge in [0.25, 0.3) is 0 Å². The van der Waals surface area contributed by atoms with Crippen molar-refractivity contribution in [3.63, 3.8) is 0 Å². The van der Waals surface area contributed by atoms with E-state index in [-0.39, 0.29) is 11.3 Å². The Morgan fingerprint density at radius 1 is 0.429 bits per heavy atom. The molecule has 2 aliphatic heterocycles. The van der Waals surface area contributed by atoms with Gasteiger partial charge >= 0.3 is 6.18 Å². The van der Waals surface area contributed by atoms with Crippen LogP contribution in [0.25, 0.3) is 16.0 Å². The number of nitrogens with zero attached hydrogens (tertiary/aromatic N) is 3. The van der Waals surface area contributed by atoms with Crippen LogP contribution in [0.1, 0.15) is 122 Å². The summed E-state index contributed by atoms with van der Waals surface area (Å²) < 4.78 is 47.9. The third-order valence-electron chi connectivity index (χ3n) is 16.2. The molecule has 0 aromatic heterocycles. The number of rotatable bonds is 3. The van der Waals surface area contributed by atoms with Gasteiger partial charge in [0.15, 0.2) is 5.69 Å². The van der Waals surface area contributed by atoms with E-state index >= 15 is 13.2 Å². The van der Waals surface area contributed by atoms with Gasteiger partial charge in [0.2, 0.25) is 0 Å². The summed E-state index contributed by atoms with van der Waals surface area (Å²) in [4.78, 5) is 8.56. The van der Waals surface area contributed by atoms with Gasteiger partial charge in [-0.1, -0.05) is 18.2 Å². The predicted octanol–water partition coefficient (Wildman–Crippen LogP) is 16.9. The Morgan fingerprint density at radius 3 is 1.02 bits per heavy atom. The Hall–Kier alpha value is -5.80. The quantitative estimate of drug-likeness (QED) is 0.164. The van der Waals surface area contributed by atoms with E-state index in [1.54, 1.807) is 6.07 Å². The lowest BCUT2D eigenvalue weighted by Gasteiger charge is -2.43. The van der Waals surface area contributed by atoms with Crippen LogP contribution in [0.2, 0.25) is 0 Å². The normalized spacial score (nSPS) is 13.2. The van der Waals surface area contributed by atoms with Crippen molar-refractivity contribution in [1.29, 1.82) is 0 Å². The first-order chi connectivity index (χ1) is 29.5. The van der Waals surface area contributed by atoms with Gasteiger partial charge in [0.1, 0.15) is 0 Å². The molecule has 8 rings (SSSR count). The molecule has 0 unspecified atom stereocenters. The molecule has 0 saturated carbocycles. The third kappa shape index (κ3) is 6.12. The highest BCUT2D eigenvalue weighted by molar-refractivity contribution is 6.06. The zero-order valence-corrected chi connectivity index (χ0v) is 40.3. The second kappa shape index (κ2) is 14.9. The highest BCUT2D eigenvalue weighted by Crippen LogP contribution is 2.60. The summed E-state index contributed by atoms with van der Waals surface area (Å²) in [5, 5.41) is 0. The standard InChI is InChI=1S/C57H60F3N3/c1-26-22-49(62-53-39(14)31(6)27(2)35(10)43(53)24-44-36(11)28(3)32(7)40(15)54(44)62)52(51-47(57(58,59)60)20-19-21-48(51)61-18)50(23-26)63-55-41(16)33(8)29(4)37(12)45(55)25-46-38(13)30(5)34(9)42(17)56(46)63/h19-23H,24-25H2,1-17H3. The van der Waals surface area contributed by atoms with E-state index in [9.17, 15) is 0 Å². The number of benzene rings is 6. The van der Waals surface area contributed by atoms with Crippen LogP contribution in [0.15, 0.2) is 30.3 Å². The van der Waals surface area contributed by atoms with Crippen molar-refractivity contribution in [1.82, 2.24) is 0 Å². The summed E-state index contributed by atoms with van der Waals surface area (Å²) in [7, 11) is 0. The Morgan fingerprint density at radius 2 is 0.730 bits per heavy atom. The van der Waals surface area contributed by atoms with E-state index in [1.807, 2.05) is 0 Å².